The molecule has 11 heteroatoms. The van der Waals surface area contributed by atoms with E-state index < -0.39 is 12.1 Å². The Kier molecular flexibility index (Phi) is 26.5. The highest BCUT2D eigenvalue weighted by atomic mass is 16.6. The van der Waals surface area contributed by atoms with Crippen LogP contribution in [0.4, 0.5) is 0 Å². The molecule has 2 amide bonds. The molecule has 11 nitrogen and oxygen atoms in total. The van der Waals surface area contributed by atoms with E-state index in [1.54, 1.807) is 6.92 Å². The smallest absolute Gasteiger partial charge is 0.306 e. The average Bonchev–Trinajstić information content (AvgIpc) is 3.10. The van der Waals surface area contributed by atoms with Gasteiger partial charge in [0.2, 0.25) is 11.8 Å². The zero-order valence-electron chi connectivity index (χ0n) is 31.4. The topological polar surface area (TPSA) is 132 Å². The first kappa shape index (κ1) is 44.5. The van der Waals surface area contributed by atoms with Gasteiger partial charge in [0.1, 0.15) is 12.4 Å². The lowest BCUT2D eigenvalue weighted by Gasteiger charge is -2.33. The van der Waals surface area contributed by atoms with E-state index in [2.05, 4.69) is 17.1 Å². The fourth-order valence-electron chi connectivity index (χ4n) is 6.05. The average molecular weight is 696 g/mol. The fraction of sp³-hybridized carbons (Fsp3) is 0.868. The van der Waals surface area contributed by atoms with Gasteiger partial charge in [-0.05, 0) is 38.8 Å². The van der Waals surface area contributed by atoms with Crippen molar-refractivity contribution < 1.29 is 38.2 Å². The van der Waals surface area contributed by atoms with Crippen LogP contribution in [0.2, 0.25) is 0 Å². The van der Waals surface area contributed by atoms with Crippen LogP contribution in [0.25, 0.3) is 0 Å². The minimum absolute atomic E-state index is 0.0172. The number of unbranched alkanes of at least 4 members (excludes halogenated alkanes) is 10. The molecule has 1 saturated heterocycles. The Morgan fingerprint density at radius 3 is 2.00 bits per heavy atom. The number of rotatable bonds is 30. The molecule has 1 aliphatic heterocycles. The molecular formula is C38H69N3O8. The van der Waals surface area contributed by atoms with E-state index in [4.69, 9.17) is 14.2 Å². The Hall–Kier alpha value is -2.53. The van der Waals surface area contributed by atoms with Gasteiger partial charge in [-0.15, -0.1) is 0 Å². The molecule has 0 saturated carbocycles. The molecule has 1 rings (SSSR count). The van der Waals surface area contributed by atoms with E-state index >= 15 is 0 Å². The van der Waals surface area contributed by atoms with Gasteiger partial charge >= 0.3 is 11.9 Å². The van der Waals surface area contributed by atoms with Crippen molar-refractivity contribution in [3.05, 3.63) is 0 Å². The second kappa shape index (κ2) is 29.2. The molecule has 1 atom stereocenters. The summed E-state index contributed by atoms with van der Waals surface area (Å²) in [4.78, 5) is 64.7. The normalized spacial score (nSPS) is 14.3. The minimum Gasteiger partial charge on any atom is -0.462 e. The second-order valence-corrected chi connectivity index (χ2v) is 13.4. The monoisotopic (exact) mass is 696 g/mol. The second-order valence-electron chi connectivity index (χ2n) is 13.4. The van der Waals surface area contributed by atoms with Gasteiger partial charge in [-0.2, -0.15) is 0 Å². The summed E-state index contributed by atoms with van der Waals surface area (Å²) in [5, 5.41) is 2.83. The molecular weight excluding hydrogens is 626 g/mol. The third kappa shape index (κ3) is 23.5. The number of carbonyl (C=O) groups is 5. The summed E-state index contributed by atoms with van der Waals surface area (Å²) in [6, 6.07) is 0. The van der Waals surface area contributed by atoms with Gasteiger partial charge in [0.25, 0.3) is 0 Å². The fourth-order valence-corrected chi connectivity index (χ4v) is 6.05. The van der Waals surface area contributed by atoms with Gasteiger partial charge in [-0.3, -0.25) is 24.0 Å². The quantitative estimate of drug-likeness (QED) is 0.0710. The van der Waals surface area contributed by atoms with Gasteiger partial charge < -0.3 is 29.3 Å². The predicted octanol–water partition coefficient (Wildman–Crippen LogP) is 6.01. The lowest BCUT2D eigenvalue weighted by Crippen LogP contribution is -2.44. The summed E-state index contributed by atoms with van der Waals surface area (Å²) in [6.07, 6.45) is 16.4. The molecule has 0 bridgehead atoms. The summed E-state index contributed by atoms with van der Waals surface area (Å²) in [7, 11) is 0. The summed E-state index contributed by atoms with van der Waals surface area (Å²) in [5.74, 6) is -0.407. The molecule has 1 fully saturated rings. The maximum atomic E-state index is 12.9. The number of ether oxygens (including phenoxy) is 3. The highest BCUT2D eigenvalue weighted by Gasteiger charge is 2.25. The van der Waals surface area contributed by atoms with Crippen molar-refractivity contribution in [2.24, 2.45) is 5.92 Å². The van der Waals surface area contributed by atoms with Gasteiger partial charge in [0.15, 0.2) is 6.10 Å². The van der Waals surface area contributed by atoms with E-state index in [0.29, 0.717) is 58.3 Å². The molecule has 1 N–H and O–H groups in total. The van der Waals surface area contributed by atoms with Crippen molar-refractivity contribution in [1.82, 2.24) is 15.1 Å². The molecule has 49 heavy (non-hydrogen) atoms. The van der Waals surface area contributed by atoms with Crippen molar-refractivity contribution in [1.29, 1.82) is 0 Å². The number of ketones is 1. The lowest BCUT2D eigenvalue weighted by molar-refractivity contribution is -0.162. The van der Waals surface area contributed by atoms with Crippen LogP contribution in [0.15, 0.2) is 0 Å². The van der Waals surface area contributed by atoms with Crippen LogP contribution < -0.4 is 5.32 Å². The first-order valence-electron chi connectivity index (χ1n) is 19.4. The highest BCUT2D eigenvalue weighted by Crippen LogP contribution is 2.20. The van der Waals surface area contributed by atoms with Gasteiger partial charge in [0.05, 0.1) is 6.61 Å². The Morgan fingerprint density at radius 1 is 0.776 bits per heavy atom. The third-order valence-corrected chi connectivity index (χ3v) is 9.18. The van der Waals surface area contributed by atoms with Crippen molar-refractivity contribution in [2.45, 2.75) is 149 Å². The zero-order valence-corrected chi connectivity index (χ0v) is 31.4. The van der Waals surface area contributed by atoms with Crippen LogP contribution in [0, 0.1) is 5.92 Å². The maximum absolute atomic E-state index is 12.9. The van der Waals surface area contributed by atoms with Crippen molar-refractivity contribution in [2.75, 3.05) is 59.1 Å². The van der Waals surface area contributed by atoms with Crippen molar-refractivity contribution in [3.8, 4) is 0 Å². The number of nitrogens with one attached hydrogen (secondary N) is 1. The molecule has 0 aromatic heterocycles. The minimum atomic E-state index is -0.664. The molecule has 0 spiro atoms. The molecule has 0 aliphatic carbocycles. The van der Waals surface area contributed by atoms with Gasteiger partial charge in [-0.1, -0.05) is 85.0 Å². The standard InChI is InChI=1S/C38H69N3O8/c1-5-8-9-10-11-12-13-14-15-16-17-20-38(46)49-34(31-48-32(4)42)30-47-29-18-19-35(43)33-21-24-40(25-22-33)27-28-41(37(45)7-3)26-23-39-36(44)6-2/h33-34H,5-31H2,1-4H3,(H,39,44). The molecule has 1 aliphatic rings. The number of piperidine rings is 1. The Labute approximate surface area is 296 Å². The Balaban J connectivity index is 2.25. The summed E-state index contributed by atoms with van der Waals surface area (Å²) in [5.41, 5.74) is 0. The van der Waals surface area contributed by atoms with E-state index in [1.165, 1.54) is 58.3 Å². The Bertz CT molecular complexity index is 923. The summed E-state index contributed by atoms with van der Waals surface area (Å²) >= 11 is 0. The number of carbonyl (C=O) groups excluding carboxylic acids is 5. The first-order valence-corrected chi connectivity index (χ1v) is 19.4. The van der Waals surface area contributed by atoms with Crippen LogP contribution in [-0.2, 0) is 38.2 Å². The number of nitrogens with zero attached hydrogens (tertiary/aromatic N) is 2. The summed E-state index contributed by atoms with van der Waals surface area (Å²) < 4.78 is 16.4. The molecule has 0 aromatic carbocycles. The van der Waals surface area contributed by atoms with E-state index in [0.717, 1.165) is 51.7 Å². The Morgan fingerprint density at radius 2 is 1.41 bits per heavy atom. The van der Waals surface area contributed by atoms with Gasteiger partial charge in [0, 0.05) is 71.3 Å². The number of hydrogen-bond donors (Lipinski definition) is 1. The highest BCUT2D eigenvalue weighted by molar-refractivity contribution is 5.81. The van der Waals surface area contributed by atoms with Crippen LogP contribution in [0.1, 0.15) is 143 Å². The van der Waals surface area contributed by atoms with E-state index in [1.807, 2.05) is 11.8 Å². The van der Waals surface area contributed by atoms with Crippen LogP contribution in [-0.4, -0.2) is 105 Å². The molecule has 0 radical (unpaired) electrons. The number of esters is 2. The first-order chi connectivity index (χ1) is 23.7. The van der Waals surface area contributed by atoms with E-state index in [-0.39, 0.29) is 42.7 Å². The summed E-state index contributed by atoms with van der Waals surface area (Å²) in [6.45, 7) is 11.6. The number of amides is 2. The van der Waals surface area contributed by atoms with E-state index in [9.17, 15) is 24.0 Å². The number of hydrogen-bond acceptors (Lipinski definition) is 9. The zero-order chi connectivity index (χ0) is 36.1. The number of Topliss-reactive ketones (excluding diaryl/α,β-unsaturated/α-hetero) is 1. The van der Waals surface area contributed by atoms with Crippen LogP contribution in [0.5, 0.6) is 0 Å². The molecule has 1 heterocycles. The van der Waals surface area contributed by atoms with Crippen LogP contribution >= 0.6 is 0 Å². The predicted molar refractivity (Wildman–Crippen MR) is 192 cm³/mol. The van der Waals surface area contributed by atoms with Crippen molar-refractivity contribution >= 4 is 29.5 Å². The third-order valence-electron chi connectivity index (χ3n) is 9.18. The lowest BCUT2D eigenvalue weighted by atomic mass is 9.90. The number of likely N-dealkylation sites (tertiary alicyclic amines) is 1. The van der Waals surface area contributed by atoms with Crippen molar-refractivity contribution in [3.63, 3.8) is 0 Å². The largest absolute Gasteiger partial charge is 0.462 e. The SMILES string of the molecule is CCCCCCCCCCCCCC(=O)OC(COCCCC(=O)C1CCN(CCN(CCNC(=O)CC)C(=O)CC)CC1)COC(C)=O. The maximum Gasteiger partial charge on any atom is 0.306 e. The van der Waals surface area contributed by atoms with Gasteiger partial charge in [-0.25, -0.2) is 0 Å². The molecule has 1 unspecified atom stereocenters. The van der Waals surface area contributed by atoms with Crippen LogP contribution in [0.3, 0.4) is 0 Å². The molecule has 284 valence electrons. The molecule has 0 aromatic rings.